The molecule has 0 spiro atoms. The standard InChI is InChI=1S/C25H29ClN6O8S3/c26-16-1-2-18-15(9-16)10-22(28-18)42(35,36)31-3-4-32(17(14-31)11-23(33)30-5-7-40-8-6-30)25(34)24-29-19-12-21(43(37,38)39)27-13-20(19)41-24/h1-2,9-10,17,21,27-28H,3-8,11-14H2,(H,37,38,39). The summed E-state index contributed by atoms with van der Waals surface area (Å²) in [6, 6.07) is 5.74. The highest BCUT2D eigenvalue weighted by Gasteiger charge is 2.40. The highest BCUT2D eigenvalue weighted by molar-refractivity contribution is 7.89. The molecular formula is C25H29ClN6O8S3. The minimum atomic E-state index is -4.35. The molecule has 0 saturated carbocycles. The Kier molecular flexibility index (Phi) is 8.27. The van der Waals surface area contributed by atoms with Gasteiger partial charge in [-0.25, -0.2) is 13.4 Å². The quantitative estimate of drug-likeness (QED) is 0.318. The van der Waals surface area contributed by atoms with E-state index in [9.17, 15) is 31.0 Å². The van der Waals surface area contributed by atoms with Crippen LogP contribution in [-0.4, -0.2) is 115 Å². The number of nitrogens with zero attached hydrogens (tertiary/aromatic N) is 4. The fourth-order valence-corrected chi connectivity index (χ4v) is 8.87. The van der Waals surface area contributed by atoms with Crippen LogP contribution in [0.5, 0.6) is 0 Å². The molecule has 0 bridgehead atoms. The number of hydrogen-bond acceptors (Lipinski definition) is 10. The first kappa shape index (κ1) is 30.4. The number of sulfonamides is 1. The average molecular weight is 673 g/mol. The Morgan fingerprint density at radius 3 is 2.63 bits per heavy atom. The monoisotopic (exact) mass is 672 g/mol. The molecule has 3 aliphatic heterocycles. The van der Waals surface area contributed by atoms with Crippen LogP contribution < -0.4 is 5.32 Å². The number of H-pyrrole nitrogens is 1. The van der Waals surface area contributed by atoms with Crippen molar-refractivity contribution >= 4 is 65.8 Å². The molecule has 2 atom stereocenters. The Bertz CT molecular complexity index is 1790. The van der Waals surface area contributed by atoms with Crippen LogP contribution >= 0.6 is 22.9 Å². The second-order valence-electron chi connectivity index (χ2n) is 10.6. The van der Waals surface area contributed by atoms with E-state index in [4.69, 9.17) is 16.3 Å². The van der Waals surface area contributed by atoms with E-state index < -0.39 is 37.5 Å². The molecule has 14 nitrogen and oxygen atoms in total. The number of benzene rings is 1. The van der Waals surface area contributed by atoms with Crippen LogP contribution in [0.15, 0.2) is 29.3 Å². The zero-order chi connectivity index (χ0) is 30.5. The molecule has 2 amide bonds. The van der Waals surface area contributed by atoms with E-state index in [1.807, 2.05) is 0 Å². The third kappa shape index (κ3) is 6.17. The molecule has 0 radical (unpaired) electrons. The van der Waals surface area contributed by atoms with Crippen molar-refractivity contribution in [3.63, 3.8) is 0 Å². The van der Waals surface area contributed by atoms with Crippen molar-refractivity contribution in [3.05, 3.63) is 44.9 Å². The first-order valence-electron chi connectivity index (χ1n) is 13.5. The van der Waals surface area contributed by atoms with Gasteiger partial charge in [0.05, 0.1) is 24.9 Å². The molecule has 5 heterocycles. The van der Waals surface area contributed by atoms with E-state index in [1.165, 1.54) is 15.3 Å². The number of rotatable bonds is 6. The summed E-state index contributed by atoms with van der Waals surface area (Å²) in [7, 11) is -8.37. The second kappa shape index (κ2) is 11.7. The van der Waals surface area contributed by atoms with Crippen molar-refractivity contribution in [1.29, 1.82) is 0 Å². The molecule has 2 aromatic heterocycles. The lowest BCUT2D eigenvalue weighted by molar-refractivity contribution is -0.136. The van der Waals surface area contributed by atoms with Crippen LogP contribution in [0.25, 0.3) is 10.9 Å². The zero-order valence-corrected chi connectivity index (χ0v) is 25.9. The zero-order valence-electron chi connectivity index (χ0n) is 22.7. The van der Waals surface area contributed by atoms with Gasteiger partial charge in [-0.1, -0.05) is 11.6 Å². The second-order valence-corrected chi connectivity index (χ2v) is 15.6. The van der Waals surface area contributed by atoms with Gasteiger partial charge in [0.2, 0.25) is 5.91 Å². The number of thiazole rings is 1. The number of ether oxygens (including phenoxy) is 1. The number of carbonyl (C=O) groups excluding carboxylic acids is 2. The highest BCUT2D eigenvalue weighted by atomic mass is 35.5. The minimum absolute atomic E-state index is 0.0100. The molecule has 232 valence electrons. The van der Waals surface area contributed by atoms with E-state index in [0.29, 0.717) is 52.8 Å². The summed E-state index contributed by atoms with van der Waals surface area (Å²) in [5.74, 6) is -0.691. The summed E-state index contributed by atoms with van der Waals surface area (Å²) in [6.07, 6.45) is -0.198. The number of aromatic nitrogens is 2. The Labute approximate surface area is 256 Å². The number of aromatic amines is 1. The van der Waals surface area contributed by atoms with Crippen LogP contribution in [0.4, 0.5) is 0 Å². The van der Waals surface area contributed by atoms with Crippen LogP contribution in [0, 0.1) is 0 Å². The van der Waals surface area contributed by atoms with E-state index in [-0.39, 0.29) is 55.0 Å². The van der Waals surface area contributed by atoms with Crippen LogP contribution in [0.3, 0.4) is 0 Å². The molecular weight excluding hydrogens is 644 g/mol. The Morgan fingerprint density at radius 2 is 1.88 bits per heavy atom. The summed E-state index contributed by atoms with van der Waals surface area (Å²) in [5.41, 5.74) is 1.00. The largest absolute Gasteiger partial charge is 0.378 e. The number of amides is 2. The lowest BCUT2D eigenvalue weighted by atomic mass is 10.1. The third-order valence-electron chi connectivity index (χ3n) is 7.85. The first-order valence-corrected chi connectivity index (χ1v) is 17.7. The summed E-state index contributed by atoms with van der Waals surface area (Å²) < 4.78 is 66.8. The SMILES string of the molecule is O=C(CC1CN(S(=O)(=O)c2cc3cc(Cl)ccc3[nH]2)CCN1C(=O)c1nc2c(s1)CNC(S(=O)(=O)O)C2)N1CCOCC1. The summed E-state index contributed by atoms with van der Waals surface area (Å²) >= 11 is 7.18. The minimum Gasteiger partial charge on any atom is -0.378 e. The van der Waals surface area contributed by atoms with Gasteiger partial charge in [0, 0.05) is 72.9 Å². The van der Waals surface area contributed by atoms with Crippen LogP contribution in [-0.2, 0) is 42.6 Å². The van der Waals surface area contributed by atoms with Crippen molar-refractivity contribution in [1.82, 2.24) is 29.4 Å². The number of nitrogens with one attached hydrogen (secondary N) is 2. The molecule has 6 rings (SSSR count). The smallest absolute Gasteiger partial charge is 0.283 e. The van der Waals surface area contributed by atoms with Crippen molar-refractivity contribution in [2.75, 3.05) is 45.9 Å². The Hall–Kier alpha value is -2.64. The number of fused-ring (bicyclic) bond motifs is 2. The Morgan fingerprint density at radius 1 is 1.12 bits per heavy atom. The molecule has 2 saturated heterocycles. The summed E-state index contributed by atoms with van der Waals surface area (Å²) in [5, 5.41) is 2.70. The van der Waals surface area contributed by atoms with Gasteiger partial charge in [-0.3, -0.25) is 19.5 Å². The third-order valence-corrected chi connectivity index (χ3v) is 12.0. The lowest BCUT2D eigenvalue weighted by Gasteiger charge is -2.41. The number of carbonyl (C=O) groups is 2. The fourth-order valence-electron chi connectivity index (χ4n) is 5.55. The molecule has 3 aliphatic rings. The predicted molar refractivity (Wildman–Crippen MR) is 157 cm³/mol. The topological polar surface area (TPSA) is 182 Å². The van der Waals surface area contributed by atoms with Gasteiger partial charge in [0.1, 0.15) is 10.4 Å². The normalized spacial score (nSPS) is 22.1. The van der Waals surface area contributed by atoms with Gasteiger partial charge in [0.15, 0.2) is 5.01 Å². The molecule has 0 aliphatic carbocycles. The number of morpholine rings is 1. The summed E-state index contributed by atoms with van der Waals surface area (Å²) in [6.45, 7) is 1.61. The fraction of sp³-hybridized carbons (Fsp3) is 0.480. The first-order chi connectivity index (χ1) is 20.4. The van der Waals surface area contributed by atoms with Crippen molar-refractivity contribution < 1.29 is 35.7 Å². The van der Waals surface area contributed by atoms with Gasteiger partial charge in [-0.15, -0.1) is 11.3 Å². The van der Waals surface area contributed by atoms with Crippen molar-refractivity contribution in [2.45, 2.75) is 35.8 Å². The van der Waals surface area contributed by atoms with Crippen molar-refractivity contribution in [3.8, 4) is 0 Å². The molecule has 3 aromatic rings. The average Bonchev–Trinajstić information content (AvgIpc) is 3.61. The molecule has 18 heteroatoms. The van der Waals surface area contributed by atoms with Gasteiger partial charge < -0.3 is 19.5 Å². The predicted octanol–water partition coefficient (Wildman–Crippen LogP) is 0.902. The maximum Gasteiger partial charge on any atom is 0.283 e. The van der Waals surface area contributed by atoms with Gasteiger partial charge in [0.25, 0.3) is 26.0 Å². The summed E-state index contributed by atoms with van der Waals surface area (Å²) in [4.78, 5) is 38.2. The van der Waals surface area contributed by atoms with E-state index in [2.05, 4.69) is 15.3 Å². The number of halogens is 1. The lowest BCUT2D eigenvalue weighted by Crippen LogP contribution is -2.58. The van der Waals surface area contributed by atoms with Crippen LogP contribution in [0.1, 0.15) is 26.8 Å². The van der Waals surface area contributed by atoms with E-state index in [0.717, 1.165) is 11.3 Å². The maximum absolute atomic E-state index is 13.8. The van der Waals surface area contributed by atoms with Gasteiger partial charge in [-0.2, -0.15) is 12.7 Å². The maximum atomic E-state index is 13.8. The Balaban J connectivity index is 1.26. The number of piperazine rings is 1. The van der Waals surface area contributed by atoms with Crippen molar-refractivity contribution in [2.24, 2.45) is 0 Å². The van der Waals surface area contributed by atoms with E-state index in [1.54, 1.807) is 23.1 Å². The molecule has 2 unspecified atom stereocenters. The molecule has 3 N–H and O–H groups in total. The molecule has 43 heavy (non-hydrogen) atoms. The molecule has 1 aromatic carbocycles. The van der Waals surface area contributed by atoms with E-state index >= 15 is 0 Å². The van der Waals surface area contributed by atoms with Gasteiger partial charge >= 0.3 is 0 Å². The highest BCUT2D eigenvalue weighted by Crippen LogP contribution is 2.30. The van der Waals surface area contributed by atoms with Crippen LogP contribution in [0.2, 0.25) is 5.02 Å². The number of hydrogen-bond donors (Lipinski definition) is 3. The molecule has 2 fully saturated rings. The van der Waals surface area contributed by atoms with Gasteiger partial charge in [-0.05, 0) is 24.3 Å².